The van der Waals surface area contributed by atoms with Crippen LogP contribution in [0.5, 0.6) is 0 Å². The number of hydrogen-bond donors (Lipinski definition) is 0. The smallest absolute Gasteiger partial charge is 0 e. The molecule has 0 rings (SSSR count). The molecule has 0 aliphatic heterocycles. The van der Waals surface area contributed by atoms with Gasteiger partial charge in [0.05, 0.1) is 0 Å². The minimum absolute atomic E-state index is 0. The zero-order chi connectivity index (χ0) is 14.6. The Labute approximate surface area is 209 Å². The second-order valence-corrected chi connectivity index (χ2v) is 6.99. The van der Waals surface area contributed by atoms with Gasteiger partial charge < -0.3 is 14.7 Å². The van der Waals surface area contributed by atoms with Crippen LogP contribution < -0.4 is 0 Å². The maximum absolute atomic E-state index is 4.07. The molecule has 0 fully saturated rings. The van der Waals surface area contributed by atoms with Gasteiger partial charge in [0.2, 0.25) is 0 Å². The molecule has 0 heterocycles. The van der Waals surface area contributed by atoms with E-state index in [0.717, 1.165) is 26.2 Å². The molecule has 3 radical (unpaired) electrons. The summed E-state index contributed by atoms with van der Waals surface area (Å²) in [5, 5.41) is 0. The van der Waals surface area contributed by atoms with Crippen molar-refractivity contribution < 1.29 is 98.1 Å². The van der Waals surface area contributed by atoms with Gasteiger partial charge in [0, 0.05) is 98.1 Å². The van der Waals surface area contributed by atoms with Crippen LogP contribution in [0, 0.1) is 21.1 Å². The van der Waals surface area contributed by atoms with Crippen LogP contribution in [0.4, 0.5) is 0 Å². The number of hydrogen-bond acceptors (Lipinski definition) is 3. The van der Waals surface area contributed by atoms with Gasteiger partial charge in [-0.3, -0.25) is 21.1 Å². The molecular formula is C15H32N3Y3-3. The van der Waals surface area contributed by atoms with E-state index in [-0.39, 0.29) is 109 Å². The summed E-state index contributed by atoms with van der Waals surface area (Å²) >= 11 is 0. The van der Waals surface area contributed by atoms with E-state index in [1.165, 1.54) is 0 Å². The van der Waals surface area contributed by atoms with E-state index in [9.17, 15) is 0 Å². The molecule has 119 valence electrons. The van der Waals surface area contributed by atoms with Gasteiger partial charge in [-0.25, -0.2) is 0 Å². The summed E-state index contributed by atoms with van der Waals surface area (Å²) in [7, 11) is 12.2. The Bertz CT molecular complexity index is 213. The van der Waals surface area contributed by atoms with Gasteiger partial charge in [0.15, 0.2) is 0 Å². The van der Waals surface area contributed by atoms with E-state index in [1.807, 2.05) is 0 Å². The minimum atomic E-state index is 0. The molecule has 6 heteroatoms. The summed E-state index contributed by atoms with van der Waals surface area (Å²) in [6.45, 7) is 16.7. The minimum Gasteiger partial charge on any atom is -0.457 e. The van der Waals surface area contributed by atoms with Crippen molar-refractivity contribution >= 4 is 0 Å². The standard InChI is InChI=1S/C15H32N3.3Y/c1-14(2,3)17(8)12-10-16(7)11-13-18(9)15(4,5)6;;;/h7-13H2,1-6H3;;;/q-3;;;. The van der Waals surface area contributed by atoms with Crippen LogP contribution in [0.15, 0.2) is 0 Å². The van der Waals surface area contributed by atoms with E-state index in [0.29, 0.717) is 0 Å². The third-order valence-electron chi connectivity index (χ3n) is 3.27. The summed E-state index contributed by atoms with van der Waals surface area (Å²) in [5.74, 6) is 0. The molecular weight excluding hydrogens is 489 g/mol. The molecule has 0 saturated carbocycles. The molecule has 0 bridgehead atoms. The van der Waals surface area contributed by atoms with Crippen molar-refractivity contribution in [2.45, 2.75) is 52.6 Å². The monoisotopic (exact) mass is 521 g/mol. The Hall–Kier alpha value is 3.19. The van der Waals surface area contributed by atoms with Gasteiger partial charge in [-0.2, -0.15) is 0 Å². The van der Waals surface area contributed by atoms with Gasteiger partial charge in [0.1, 0.15) is 0 Å². The SMILES string of the molecule is [CH2-]N(CCN([CH2-])C(C)(C)C)CCN([CH2-])C(C)(C)C.[Y].[Y].[Y]. The van der Waals surface area contributed by atoms with Crippen LogP contribution in [0.2, 0.25) is 0 Å². The maximum atomic E-state index is 4.07. The van der Waals surface area contributed by atoms with E-state index in [2.05, 4.69) is 77.4 Å². The van der Waals surface area contributed by atoms with Crippen molar-refractivity contribution in [1.29, 1.82) is 0 Å². The molecule has 0 unspecified atom stereocenters. The van der Waals surface area contributed by atoms with Crippen molar-refractivity contribution in [2.24, 2.45) is 0 Å². The molecule has 0 atom stereocenters. The van der Waals surface area contributed by atoms with E-state index in [4.69, 9.17) is 0 Å². The van der Waals surface area contributed by atoms with Crippen molar-refractivity contribution in [3.63, 3.8) is 0 Å². The maximum Gasteiger partial charge on any atom is 0 e. The Morgan fingerprint density at radius 1 is 0.571 bits per heavy atom. The van der Waals surface area contributed by atoms with Gasteiger partial charge in [-0.15, -0.1) is 0 Å². The molecule has 0 saturated heterocycles. The second kappa shape index (κ2) is 14.4. The average molecular weight is 521 g/mol. The van der Waals surface area contributed by atoms with Gasteiger partial charge in [-0.1, -0.05) is 0 Å². The molecule has 3 nitrogen and oxygen atoms in total. The molecule has 0 spiro atoms. The van der Waals surface area contributed by atoms with Crippen molar-refractivity contribution in [2.75, 3.05) is 26.2 Å². The molecule has 0 amide bonds. The van der Waals surface area contributed by atoms with Gasteiger partial charge in [0.25, 0.3) is 0 Å². The van der Waals surface area contributed by atoms with Crippen molar-refractivity contribution in [3.05, 3.63) is 21.1 Å². The van der Waals surface area contributed by atoms with E-state index >= 15 is 0 Å². The fraction of sp³-hybridized carbons (Fsp3) is 0.800. The quantitative estimate of drug-likeness (QED) is 0.499. The third-order valence-corrected chi connectivity index (χ3v) is 3.27. The number of rotatable bonds is 6. The molecule has 0 aromatic heterocycles. The molecule has 0 aromatic rings. The molecule has 0 aliphatic rings. The normalized spacial score (nSPS) is 12.0. The predicted octanol–water partition coefficient (Wildman–Crippen LogP) is 2.86. The third kappa shape index (κ3) is 16.4. The number of nitrogens with zero attached hydrogens (tertiary/aromatic N) is 3. The first-order chi connectivity index (χ1) is 7.94. The summed E-state index contributed by atoms with van der Waals surface area (Å²) in [6, 6.07) is 0. The Morgan fingerprint density at radius 2 is 0.810 bits per heavy atom. The average Bonchev–Trinajstić information content (AvgIpc) is 2.19. The first kappa shape index (κ1) is 31.9. The van der Waals surface area contributed by atoms with Crippen LogP contribution in [0.25, 0.3) is 0 Å². The predicted molar refractivity (Wildman–Crippen MR) is 80.6 cm³/mol. The van der Waals surface area contributed by atoms with Crippen molar-refractivity contribution in [1.82, 2.24) is 14.7 Å². The fourth-order valence-electron chi connectivity index (χ4n) is 1.31. The second-order valence-electron chi connectivity index (χ2n) is 6.99. The zero-order valence-corrected chi connectivity index (χ0v) is 23.5. The fourth-order valence-corrected chi connectivity index (χ4v) is 1.31. The molecule has 0 N–H and O–H groups in total. The van der Waals surface area contributed by atoms with Crippen molar-refractivity contribution in [3.8, 4) is 0 Å². The van der Waals surface area contributed by atoms with E-state index < -0.39 is 0 Å². The van der Waals surface area contributed by atoms with E-state index in [1.54, 1.807) is 0 Å². The van der Waals surface area contributed by atoms with Crippen LogP contribution in [-0.4, -0.2) is 52.0 Å². The summed E-state index contributed by atoms with van der Waals surface area (Å²) < 4.78 is 0. The topological polar surface area (TPSA) is 9.72 Å². The summed E-state index contributed by atoms with van der Waals surface area (Å²) in [6.07, 6.45) is 0. The summed E-state index contributed by atoms with van der Waals surface area (Å²) in [5.41, 5.74) is 0.231. The molecule has 0 aromatic carbocycles. The zero-order valence-electron chi connectivity index (χ0n) is 15.0. The molecule has 21 heavy (non-hydrogen) atoms. The van der Waals surface area contributed by atoms with Crippen LogP contribution >= 0.6 is 0 Å². The summed E-state index contributed by atoms with van der Waals surface area (Å²) in [4.78, 5) is 6.31. The van der Waals surface area contributed by atoms with Gasteiger partial charge >= 0.3 is 0 Å². The Morgan fingerprint density at radius 3 is 1.00 bits per heavy atom. The Kier molecular flexibility index (Phi) is 21.8. The largest absolute Gasteiger partial charge is 0.457 e. The first-order valence-corrected chi connectivity index (χ1v) is 6.66. The van der Waals surface area contributed by atoms with Crippen LogP contribution in [0.1, 0.15) is 41.5 Å². The van der Waals surface area contributed by atoms with Gasteiger partial charge in [-0.05, 0) is 78.8 Å². The molecule has 0 aliphatic carbocycles. The van der Waals surface area contributed by atoms with Crippen LogP contribution in [-0.2, 0) is 98.1 Å². The first-order valence-electron chi connectivity index (χ1n) is 6.66. The van der Waals surface area contributed by atoms with Crippen LogP contribution in [0.3, 0.4) is 0 Å². The Balaban J connectivity index is -0.000000482.